The van der Waals surface area contributed by atoms with Crippen LogP contribution in [0.1, 0.15) is 22.4 Å². The fourth-order valence-corrected chi connectivity index (χ4v) is 9.31. The second-order valence-electron chi connectivity index (χ2n) is 15.6. The van der Waals surface area contributed by atoms with Crippen LogP contribution in [0.3, 0.4) is 0 Å². The minimum atomic E-state index is -0.00437. The van der Waals surface area contributed by atoms with Crippen molar-refractivity contribution < 1.29 is 0 Å². The van der Waals surface area contributed by atoms with E-state index >= 15 is 0 Å². The largest absolute Gasteiger partial charge is 0.334 e. The Balaban J connectivity index is 1.02. The molecule has 11 rings (SSSR count). The Labute approximate surface area is 359 Å². The summed E-state index contributed by atoms with van der Waals surface area (Å²) in [7, 11) is 0. The van der Waals surface area contributed by atoms with Crippen molar-refractivity contribution in [3.63, 3.8) is 0 Å². The van der Waals surface area contributed by atoms with Gasteiger partial charge in [0.15, 0.2) is 0 Å². The van der Waals surface area contributed by atoms with Crippen molar-refractivity contribution in [2.45, 2.75) is 12.5 Å². The minimum Gasteiger partial charge on any atom is -0.334 e. The number of anilines is 5. The van der Waals surface area contributed by atoms with Gasteiger partial charge in [-0.25, -0.2) is 0 Å². The van der Waals surface area contributed by atoms with Gasteiger partial charge >= 0.3 is 0 Å². The average molecular weight is 795 g/mol. The molecule has 0 unspecified atom stereocenters. The summed E-state index contributed by atoms with van der Waals surface area (Å²) in [6.07, 6.45) is 5.39. The highest BCUT2D eigenvalue weighted by Crippen LogP contribution is 2.42. The molecule has 0 saturated heterocycles. The highest BCUT2D eigenvalue weighted by atomic mass is 15.2. The van der Waals surface area contributed by atoms with Gasteiger partial charge in [-0.05, 0) is 145 Å². The molecule has 8 aromatic carbocycles. The Bertz CT molecular complexity index is 3380. The van der Waals surface area contributed by atoms with E-state index in [0.29, 0.717) is 11.1 Å². The van der Waals surface area contributed by atoms with E-state index in [1.54, 1.807) is 0 Å². The van der Waals surface area contributed by atoms with Crippen LogP contribution in [-0.2, 0) is 6.42 Å². The highest BCUT2D eigenvalue weighted by molar-refractivity contribution is 6.10. The summed E-state index contributed by atoms with van der Waals surface area (Å²) in [6, 6.07) is 74.0. The third-order valence-electron chi connectivity index (χ3n) is 12.1. The highest BCUT2D eigenvalue weighted by Gasteiger charge is 2.28. The van der Waals surface area contributed by atoms with Crippen LogP contribution in [0.25, 0.3) is 50.2 Å². The van der Waals surface area contributed by atoms with E-state index < -0.39 is 0 Å². The third kappa shape index (κ3) is 6.18. The van der Waals surface area contributed by atoms with Crippen LogP contribution in [0.4, 0.5) is 28.4 Å². The lowest BCUT2D eigenvalue weighted by Crippen LogP contribution is -2.33. The van der Waals surface area contributed by atoms with Gasteiger partial charge in [-0.1, -0.05) is 78.9 Å². The summed E-state index contributed by atoms with van der Waals surface area (Å²) in [6.45, 7) is 0. The average Bonchev–Trinajstić information content (AvgIpc) is 3.85. The van der Waals surface area contributed by atoms with Gasteiger partial charge in [0.25, 0.3) is 0 Å². The van der Waals surface area contributed by atoms with Gasteiger partial charge in [-0.3, -0.25) is 0 Å². The molecule has 0 radical (unpaired) electrons. The van der Waals surface area contributed by atoms with Crippen molar-refractivity contribution in [3.8, 4) is 23.5 Å². The molecule has 6 nitrogen and oxygen atoms in total. The molecule has 6 heteroatoms. The predicted molar refractivity (Wildman–Crippen MR) is 253 cm³/mol. The Morgan fingerprint density at radius 3 is 1.52 bits per heavy atom. The molecule has 1 aliphatic carbocycles. The van der Waals surface area contributed by atoms with Gasteiger partial charge in [0.2, 0.25) is 0 Å². The first kappa shape index (κ1) is 36.5. The maximum absolute atomic E-state index is 9.70. The van der Waals surface area contributed by atoms with Crippen LogP contribution in [0.5, 0.6) is 0 Å². The van der Waals surface area contributed by atoms with Gasteiger partial charge in [0.05, 0.1) is 45.9 Å². The van der Waals surface area contributed by atoms with E-state index in [1.807, 2.05) is 54.6 Å². The van der Waals surface area contributed by atoms with E-state index in [1.165, 1.54) is 27.5 Å². The van der Waals surface area contributed by atoms with E-state index in [2.05, 4.69) is 189 Å². The molecular formula is C56H38N6. The smallest absolute Gasteiger partial charge is 0.0991 e. The molecule has 1 aliphatic rings. The summed E-state index contributed by atoms with van der Waals surface area (Å²) in [4.78, 5) is 4.64. The fraction of sp³-hybridized carbons (Fsp3) is 0.0357. The summed E-state index contributed by atoms with van der Waals surface area (Å²) >= 11 is 0. The summed E-state index contributed by atoms with van der Waals surface area (Å²) in [5.41, 5.74) is 14.4. The van der Waals surface area contributed by atoms with Crippen molar-refractivity contribution in [2.75, 3.05) is 9.80 Å². The van der Waals surface area contributed by atoms with Crippen molar-refractivity contribution >= 4 is 67.2 Å². The standard InChI is InChI=1S/C56H38N6/c57-37-39-19-23-43(24-20-39)59(47-31-33-55-51(35-47)49-15-7-9-17-53(49)61(55)41-11-3-1-4-12-41)45-27-29-46(30-28-45)60(44-25-21-40(38-58)22-26-44)48-32-34-56-52(36-48)50-16-8-10-18-54(50)62(56)42-13-5-2-6-14-42/h1-35,48H,36H2/t48-/m0/s1. The van der Waals surface area contributed by atoms with Crippen LogP contribution in [0.15, 0.2) is 206 Å². The van der Waals surface area contributed by atoms with Gasteiger partial charge in [-0.2, -0.15) is 10.5 Å². The molecule has 292 valence electrons. The normalized spacial score (nSPS) is 13.2. The van der Waals surface area contributed by atoms with Crippen molar-refractivity contribution in [1.29, 1.82) is 10.5 Å². The van der Waals surface area contributed by atoms with Gasteiger partial charge in [-0.15, -0.1) is 0 Å². The second-order valence-corrected chi connectivity index (χ2v) is 15.6. The lowest BCUT2D eigenvalue weighted by atomic mass is 9.94. The zero-order chi connectivity index (χ0) is 41.6. The summed E-state index contributed by atoms with van der Waals surface area (Å²) in [5.74, 6) is 0. The van der Waals surface area contributed by atoms with Crippen LogP contribution in [0, 0.1) is 22.7 Å². The van der Waals surface area contributed by atoms with Gasteiger partial charge in [0, 0.05) is 61.7 Å². The number of nitrogens with zero attached hydrogens (tertiary/aromatic N) is 6. The second kappa shape index (κ2) is 15.2. The molecule has 2 aromatic heterocycles. The van der Waals surface area contributed by atoms with Crippen molar-refractivity contribution in [3.05, 3.63) is 229 Å². The van der Waals surface area contributed by atoms with Crippen LogP contribution >= 0.6 is 0 Å². The Morgan fingerprint density at radius 1 is 0.435 bits per heavy atom. The molecule has 2 heterocycles. The quantitative estimate of drug-likeness (QED) is 0.154. The summed E-state index contributed by atoms with van der Waals surface area (Å²) in [5, 5.41) is 23.0. The van der Waals surface area contributed by atoms with E-state index in [4.69, 9.17) is 0 Å². The number of hydrogen-bond donors (Lipinski definition) is 0. The molecular weight excluding hydrogens is 757 g/mol. The molecule has 0 spiro atoms. The van der Waals surface area contributed by atoms with Crippen LogP contribution in [0.2, 0.25) is 0 Å². The lowest BCUT2D eigenvalue weighted by Gasteiger charge is -2.34. The van der Waals surface area contributed by atoms with Crippen molar-refractivity contribution in [1.82, 2.24) is 9.13 Å². The first-order valence-electron chi connectivity index (χ1n) is 20.8. The summed E-state index contributed by atoms with van der Waals surface area (Å²) < 4.78 is 4.70. The lowest BCUT2D eigenvalue weighted by molar-refractivity contribution is 0.766. The number of aromatic nitrogens is 2. The molecule has 62 heavy (non-hydrogen) atoms. The van der Waals surface area contributed by atoms with Crippen molar-refractivity contribution in [2.24, 2.45) is 0 Å². The SMILES string of the molecule is N#Cc1ccc(N(c2ccc(N(c3ccc(C#N)cc3)[C@H]3C=Cc4c(c5ccccc5n4-c4ccccc4)C3)cc2)c2ccc3c(c2)c2ccccc2n3-c2ccccc2)cc1. The van der Waals surface area contributed by atoms with Gasteiger partial charge in [0.1, 0.15) is 0 Å². The topological polar surface area (TPSA) is 63.9 Å². The fourth-order valence-electron chi connectivity index (χ4n) is 9.31. The molecule has 0 N–H and O–H groups in total. The first-order valence-corrected chi connectivity index (χ1v) is 20.8. The number of hydrogen-bond acceptors (Lipinski definition) is 4. The van der Waals surface area contributed by atoms with Crippen LogP contribution in [-0.4, -0.2) is 15.2 Å². The Kier molecular flexibility index (Phi) is 8.96. The zero-order valence-corrected chi connectivity index (χ0v) is 33.7. The molecule has 0 fully saturated rings. The van der Waals surface area contributed by atoms with E-state index in [0.717, 1.165) is 62.7 Å². The Hall–Kier alpha value is -8.58. The maximum Gasteiger partial charge on any atom is 0.0991 e. The number of fused-ring (bicyclic) bond motifs is 6. The van der Waals surface area contributed by atoms with E-state index in [9.17, 15) is 10.5 Å². The Morgan fingerprint density at radius 2 is 0.903 bits per heavy atom. The third-order valence-corrected chi connectivity index (χ3v) is 12.1. The first-order chi connectivity index (χ1) is 30.7. The van der Waals surface area contributed by atoms with Crippen LogP contribution < -0.4 is 9.80 Å². The van der Waals surface area contributed by atoms with E-state index in [-0.39, 0.29) is 6.04 Å². The zero-order valence-electron chi connectivity index (χ0n) is 33.7. The molecule has 0 bridgehead atoms. The molecule has 0 saturated carbocycles. The number of rotatable bonds is 8. The number of para-hydroxylation sites is 4. The molecule has 10 aromatic rings. The number of nitriles is 2. The molecule has 0 aliphatic heterocycles. The molecule has 0 amide bonds. The molecule has 1 atom stereocenters. The minimum absolute atomic E-state index is 0.00437. The predicted octanol–water partition coefficient (Wildman–Crippen LogP) is 13.7. The maximum atomic E-state index is 9.70. The number of benzene rings is 8. The van der Waals surface area contributed by atoms with Gasteiger partial charge < -0.3 is 18.9 Å². The monoisotopic (exact) mass is 794 g/mol.